The molecule has 4 heteroatoms. The Morgan fingerprint density at radius 3 is 2.60 bits per heavy atom. The molecule has 0 saturated heterocycles. The highest BCUT2D eigenvalue weighted by Crippen LogP contribution is 2.26. The number of methoxy groups -OCH3 is 1. The number of ether oxygens (including phenoxy) is 1. The topological polar surface area (TPSA) is 21.3 Å². The predicted octanol–water partition coefficient (Wildman–Crippen LogP) is 5.07. The Kier molecular flexibility index (Phi) is 5.64. The van der Waals surface area contributed by atoms with Gasteiger partial charge in [0.05, 0.1) is 11.6 Å². The summed E-state index contributed by atoms with van der Waals surface area (Å²) in [5, 5.41) is 3.52. The Hall–Kier alpha value is -0.840. The summed E-state index contributed by atoms with van der Waals surface area (Å²) >= 11 is 7.01. The first kappa shape index (κ1) is 15.5. The number of hydrogen-bond acceptors (Lipinski definition) is 2. The molecule has 1 N–H and O–H groups in total. The van der Waals surface area contributed by atoms with Gasteiger partial charge in [-0.15, -0.1) is 0 Å². The predicted molar refractivity (Wildman–Crippen MR) is 90.1 cm³/mol. The van der Waals surface area contributed by atoms with Gasteiger partial charge >= 0.3 is 0 Å². The highest BCUT2D eigenvalue weighted by Gasteiger charge is 2.06. The van der Waals surface area contributed by atoms with Crippen LogP contribution in [0.4, 0.5) is 0 Å². The van der Waals surface area contributed by atoms with Crippen molar-refractivity contribution in [3.8, 4) is 5.75 Å². The van der Waals surface area contributed by atoms with Gasteiger partial charge in [0.2, 0.25) is 0 Å². The molecule has 0 saturated carbocycles. The average Bonchev–Trinajstić information content (AvgIpc) is 2.45. The Morgan fingerprint density at radius 1 is 1.15 bits per heavy atom. The molecule has 0 aromatic heterocycles. The number of halogens is 2. The van der Waals surface area contributed by atoms with Crippen molar-refractivity contribution >= 4 is 31.9 Å². The van der Waals surface area contributed by atoms with Gasteiger partial charge in [0.15, 0.2) is 0 Å². The van der Waals surface area contributed by atoms with Crippen LogP contribution in [0, 0.1) is 0 Å². The first-order valence-electron chi connectivity index (χ1n) is 6.41. The molecule has 0 aliphatic rings. The van der Waals surface area contributed by atoms with Crippen molar-refractivity contribution in [1.82, 2.24) is 5.32 Å². The van der Waals surface area contributed by atoms with E-state index in [4.69, 9.17) is 4.74 Å². The molecule has 0 bridgehead atoms. The van der Waals surface area contributed by atoms with Gasteiger partial charge in [-0.2, -0.15) is 0 Å². The Labute approximate surface area is 136 Å². The van der Waals surface area contributed by atoms with Crippen molar-refractivity contribution in [3.05, 3.63) is 62.5 Å². The molecule has 0 aliphatic heterocycles. The number of rotatable bonds is 5. The highest BCUT2D eigenvalue weighted by molar-refractivity contribution is 9.10. The maximum absolute atomic E-state index is 5.24. The number of benzene rings is 2. The van der Waals surface area contributed by atoms with Crippen LogP contribution in [0.15, 0.2) is 51.4 Å². The van der Waals surface area contributed by atoms with Crippen LogP contribution in [0.1, 0.15) is 24.1 Å². The third-order valence-electron chi connectivity index (χ3n) is 3.18. The number of nitrogens with one attached hydrogen (secondary N) is 1. The fourth-order valence-electron chi connectivity index (χ4n) is 1.98. The average molecular weight is 399 g/mol. The fourth-order valence-corrected chi connectivity index (χ4v) is 2.99. The van der Waals surface area contributed by atoms with Gasteiger partial charge in [0.25, 0.3) is 0 Å². The molecule has 2 rings (SSSR count). The molecule has 2 aromatic carbocycles. The molecule has 2 nitrogen and oxygen atoms in total. The SMILES string of the molecule is COc1ccc(CNC(C)c2cccc(Br)c2)cc1Br. The lowest BCUT2D eigenvalue weighted by Gasteiger charge is -2.15. The first-order chi connectivity index (χ1) is 9.60. The van der Waals surface area contributed by atoms with E-state index in [1.165, 1.54) is 11.1 Å². The van der Waals surface area contributed by atoms with Crippen molar-refractivity contribution in [2.45, 2.75) is 19.5 Å². The summed E-state index contributed by atoms with van der Waals surface area (Å²) in [5.74, 6) is 0.855. The summed E-state index contributed by atoms with van der Waals surface area (Å²) in [7, 11) is 1.67. The van der Waals surface area contributed by atoms with Crippen LogP contribution in [-0.4, -0.2) is 7.11 Å². The van der Waals surface area contributed by atoms with Crippen molar-refractivity contribution < 1.29 is 4.74 Å². The number of hydrogen-bond donors (Lipinski definition) is 1. The lowest BCUT2D eigenvalue weighted by Crippen LogP contribution is -2.18. The summed E-state index contributed by atoms with van der Waals surface area (Å²) < 4.78 is 7.32. The van der Waals surface area contributed by atoms with Crippen LogP contribution in [0.25, 0.3) is 0 Å². The van der Waals surface area contributed by atoms with Gasteiger partial charge in [-0.25, -0.2) is 0 Å². The lowest BCUT2D eigenvalue weighted by molar-refractivity contribution is 0.412. The van der Waals surface area contributed by atoms with Crippen LogP contribution in [0.5, 0.6) is 5.75 Å². The van der Waals surface area contributed by atoms with E-state index in [9.17, 15) is 0 Å². The van der Waals surface area contributed by atoms with E-state index in [-0.39, 0.29) is 0 Å². The Bertz CT molecular complexity index is 586. The van der Waals surface area contributed by atoms with Crippen molar-refractivity contribution in [2.24, 2.45) is 0 Å². The van der Waals surface area contributed by atoms with Crippen LogP contribution >= 0.6 is 31.9 Å². The molecule has 0 amide bonds. The van der Waals surface area contributed by atoms with Crippen LogP contribution in [0.2, 0.25) is 0 Å². The maximum atomic E-state index is 5.24. The van der Waals surface area contributed by atoms with Gasteiger partial charge in [-0.05, 0) is 58.2 Å². The second-order valence-electron chi connectivity index (χ2n) is 4.63. The second-order valence-corrected chi connectivity index (χ2v) is 6.40. The molecule has 2 aromatic rings. The molecular weight excluding hydrogens is 382 g/mol. The summed E-state index contributed by atoms with van der Waals surface area (Å²) in [6.07, 6.45) is 0. The monoisotopic (exact) mass is 397 g/mol. The van der Waals surface area contributed by atoms with Crippen molar-refractivity contribution in [2.75, 3.05) is 7.11 Å². The standard InChI is InChI=1S/C16H17Br2NO/c1-11(13-4-3-5-14(17)9-13)19-10-12-6-7-16(20-2)15(18)8-12/h3-9,11,19H,10H2,1-2H3. The summed E-state index contributed by atoms with van der Waals surface area (Å²) in [5.41, 5.74) is 2.49. The zero-order chi connectivity index (χ0) is 14.5. The minimum atomic E-state index is 0.299. The van der Waals surface area contributed by atoms with Gasteiger partial charge < -0.3 is 10.1 Å². The second kappa shape index (κ2) is 7.25. The molecule has 0 fully saturated rings. The lowest BCUT2D eigenvalue weighted by atomic mass is 10.1. The van der Waals surface area contributed by atoms with Crippen LogP contribution in [0.3, 0.4) is 0 Å². The van der Waals surface area contributed by atoms with Gasteiger partial charge in [-0.3, -0.25) is 0 Å². The van der Waals surface area contributed by atoms with Crippen LogP contribution in [-0.2, 0) is 6.54 Å². The molecule has 106 valence electrons. The normalized spacial score (nSPS) is 12.2. The minimum absolute atomic E-state index is 0.299. The van der Waals surface area contributed by atoms with E-state index < -0.39 is 0 Å². The molecule has 1 atom stereocenters. The van der Waals surface area contributed by atoms with Crippen LogP contribution < -0.4 is 10.1 Å². The summed E-state index contributed by atoms with van der Waals surface area (Å²) in [4.78, 5) is 0. The summed E-state index contributed by atoms with van der Waals surface area (Å²) in [6, 6.07) is 14.8. The van der Waals surface area contributed by atoms with E-state index in [1.54, 1.807) is 7.11 Å². The van der Waals surface area contributed by atoms with Gasteiger partial charge in [-0.1, -0.05) is 34.1 Å². The van der Waals surface area contributed by atoms with Crippen molar-refractivity contribution in [1.29, 1.82) is 0 Å². The fraction of sp³-hybridized carbons (Fsp3) is 0.250. The van der Waals surface area contributed by atoms with Gasteiger partial charge in [0.1, 0.15) is 5.75 Å². The molecule has 0 heterocycles. The minimum Gasteiger partial charge on any atom is -0.496 e. The molecule has 0 radical (unpaired) electrons. The smallest absolute Gasteiger partial charge is 0.133 e. The third-order valence-corrected chi connectivity index (χ3v) is 4.29. The molecule has 0 spiro atoms. The quantitative estimate of drug-likeness (QED) is 0.758. The zero-order valence-electron chi connectivity index (χ0n) is 11.5. The van der Waals surface area contributed by atoms with Crippen molar-refractivity contribution in [3.63, 3.8) is 0 Å². The summed E-state index contributed by atoms with van der Waals surface area (Å²) in [6.45, 7) is 2.98. The largest absolute Gasteiger partial charge is 0.496 e. The third kappa shape index (κ3) is 4.08. The highest BCUT2D eigenvalue weighted by atomic mass is 79.9. The molecular formula is C16H17Br2NO. The Morgan fingerprint density at radius 2 is 1.95 bits per heavy atom. The van der Waals surface area contributed by atoms with E-state index in [0.717, 1.165) is 21.2 Å². The van der Waals surface area contributed by atoms with Gasteiger partial charge in [0, 0.05) is 17.1 Å². The van der Waals surface area contributed by atoms with E-state index >= 15 is 0 Å². The maximum Gasteiger partial charge on any atom is 0.133 e. The zero-order valence-corrected chi connectivity index (χ0v) is 14.7. The molecule has 1 unspecified atom stereocenters. The molecule has 0 aliphatic carbocycles. The Balaban J connectivity index is 1.99. The first-order valence-corrected chi connectivity index (χ1v) is 8.00. The van der Waals surface area contributed by atoms with E-state index in [2.05, 4.69) is 74.4 Å². The molecule has 20 heavy (non-hydrogen) atoms. The van der Waals surface area contributed by atoms with E-state index in [1.807, 2.05) is 12.1 Å². The van der Waals surface area contributed by atoms with E-state index in [0.29, 0.717) is 6.04 Å².